The Bertz CT molecular complexity index is 837. The SMILES string of the molecule is COc1cccc(C2CN(Cc3cnn(C)c3)Cc3[nH]cnc32)c1. The number of hydrogen-bond acceptors (Lipinski definition) is 4. The number of imidazole rings is 1. The van der Waals surface area contributed by atoms with Crippen LogP contribution in [0.2, 0.25) is 0 Å². The van der Waals surface area contributed by atoms with E-state index >= 15 is 0 Å². The summed E-state index contributed by atoms with van der Waals surface area (Å²) >= 11 is 0. The van der Waals surface area contributed by atoms with Crippen molar-refractivity contribution in [3.8, 4) is 5.75 Å². The van der Waals surface area contributed by atoms with Crippen LogP contribution in [-0.4, -0.2) is 38.3 Å². The van der Waals surface area contributed by atoms with E-state index in [0.29, 0.717) is 0 Å². The summed E-state index contributed by atoms with van der Waals surface area (Å²) in [6, 6.07) is 8.28. The minimum atomic E-state index is 0.242. The van der Waals surface area contributed by atoms with Gasteiger partial charge in [0.05, 0.1) is 31.0 Å². The Balaban J connectivity index is 1.63. The predicted molar refractivity (Wildman–Crippen MR) is 90.7 cm³/mol. The number of aryl methyl sites for hydroxylation is 1. The fourth-order valence-corrected chi connectivity index (χ4v) is 3.45. The maximum atomic E-state index is 5.39. The van der Waals surface area contributed by atoms with Gasteiger partial charge < -0.3 is 9.72 Å². The van der Waals surface area contributed by atoms with E-state index in [1.807, 2.05) is 30.1 Å². The third-order valence-electron chi connectivity index (χ3n) is 4.56. The Hall–Kier alpha value is -2.60. The van der Waals surface area contributed by atoms with Gasteiger partial charge in [-0.2, -0.15) is 5.10 Å². The van der Waals surface area contributed by atoms with E-state index in [0.717, 1.165) is 31.1 Å². The zero-order chi connectivity index (χ0) is 16.5. The van der Waals surface area contributed by atoms with Crippen molar-refractivity contribution in [3.05, 3.63) is 65.5 Å². The maximum absolute atomic E-state index is 5.39. The van der Waals surface area contributed by atoms with E-state index < -0.39 is 0 Å². The van der Waals surface area contributed by atoms with E-state index in [2.05, 4.69) is 38.3 Å². The predicted octanol–water partition coefficient (Wildman–Crippen LogP) is 2.30. The zero-order valence-corrected chi connectivity index (χ0v) is 13.9. The van der Waals surface area contributed by atoms with Gasteiger partial charge >= 0.3 is 0 Å². The normalized spacial score (nSPS) is 17.7. The standard InChI is InChI=1S/C18H21N5O/c1-22-8-13(7-21-22)9-23-10-16(18-17(11-23)19-12-20-18)14-4-3-5-15(6-14)24-2/h3-8,12,16H,9-11H2,1-2H3,(H,19,20). The van der Waals surface area contributed by atoms with E-state index in [4.69, 9.17) is 4.74 Å². The van der Waals surface area contributed by atoms with E-state index in [1.54, 1.807) is 13.4 Å². The summed E-state index contributed by atoms with van der Waals surface area (Å²) in [5.74, 6) is 1.13. The Morgan fingerprint density at radius 3 is 3.08 bits per heavy atom. The molecule has 1 aromatic carbocycles. The first-order valence-electron chi connectivity index (χ1n) is 8.09. The molecule has 3 aromatic rings. The molecule has 0 bridgehead atoms. The van der Waals surface area contributed by atoms with Crippen molar-refractivity contribution in [2.24, 2.45) is 7.05 Å². The minimum absolute atomic E-state index is 0.242. The fraction of sp³-hybridized carbons (Fsp3) is 0.333. The van der Waals surface area contributed by atoms with Gasteiger partial charge in [-0.1, -0.05) is 12.1 Å². The van der Waals surface area contributed by atoms with Gasteiger partial charge in [-0.15, -0.1) is 0 Å². The molecule has 0 fully saturated rings. The highest BCUT2D eigenvalue weighted by Gasteiger charge is 2.29. The van der Waals surface area contributed by atoms with Gasteiger partial charge in [0.1, 0.15) is 5.75 Å². The molecule has 0 amide bonds. The quantitative estimate of drug-likeness (QED) is 0.800. The average Bonchev–Trinajstić information content (AvgIpc) is 3.23. The molecular formula is C18H21N5O. The molecule has 6 heteroatoms. The molecule has 2 aromatic heterocycles. The molecule has 6 nitrogen and oxygen atoms in total. The number of rotatable bonds is 4. The first kappa shape index (κ1) is 15.0. The molecule has 0 spiro atoms. The first-order chi connectivity index (χ1) is 11.7. The second kappa shape index (κ2) is 6.13. The highest BCUT2D eigenvalue weighted by molar-refractivity contribution is 5.38. The molecule has 0 radical (unpaired) electrons. The number of nitrogens with one attached hydrogen (secondary N) is 1. The summed E-state index contributed by atoms with van der Waals surface area (Å²) in [7, 11) is 3.65. The Labute approximate surface area is 141 Å². The lowest BCUT2D eigenvalue weighted by molar-refractivity contribution is 0.227. The second-order valence-electron chi connectivity index (χ2n) is 6.29. The van der Waals surface area contributed by atoms with Gasteiger partial charge in [-0.25, -0.2) is 4.98 Å². The molecule has 0 saturated heterocycles. The van der Waals surface area contributed by atoms with Crippen molar-refractivity contribution in [2.75, 3.05) is 13.7 Å². The molecule has 1 aliphatic heterocycles. The van der Waals surface area contributed by atoms with Crippen molar-refractivity contribution < 1.29 is 4.74 Å². The van der Waals surface area contributed by atoms with Crippen LogP contribution in [0.4, 0.5) is 0 Å². The molecule has 1 atom stereocenters. The average molecular weight is 323 g/mol. The number of ether oxygens (including phenoxy) is 1. The van der Waals surface area contributed by atoms with E-state index in [1.165, 1.54) is 16.8 Å². The molecule has 3 heterocycles. The number of aromatic amines is 1. The number of fused-ring (bicyclic) bond motifs is 1. The number of aromatic nitrogens is 4. The Morgan fingerprint density at radius 2 is 2.29 bits per heavy atom. The second-order valence-corrected chi connectivity index (χ2v) is 6.29. The minimum Gasteiger partial charge on any atom is -0.497 e. The van der Waals surface area contributed by atoms with Gasteiger partial charge in [-0.3, -0.25) is 9.58 Å². The smallest absolute Gasteiger partial charge is 0.119 e. The van der Waals surface area contributed by atoms with Crippen LogP contribution in [0.3, 0.4) is 0 Å². The van der Waals surface area contributed by atoms with Gasteiger partial charge in [0.2, 0.25) is 0 Å². The van der Waals surface area contributed by atoms with Crippen LogP contribution in [0.15, 0.2) is 43.0 Å². The Kier molecular flexibility index (Phi) is 3.82. The molecule has 0 saturated carbocycles. The summed E-state index contributed by atoms with van der Waals surface area (Å²) in [4.78, 5) is 10.3. The van der Waals surface area contributed by atoms with Crippen LogP contribution in [0.5, 0.6) is 5.75 Å². The number of hydrogen-bond donors (Lipinski definition) is 1. The summed E-state index contributed by atoms with van der Waals surface area (Å²) in [6.45, 7) is 2.69. The van der Waals surface area contributed by atoms with E-state index in [-0.39, 0.29) is 5.92 Å². The van der Waals surface area contributed by atoms with Crippen molar-refractivity contribution in [1.29, 1.82) is 0 Å². The van der Waals surface area contributed by atoms with Crippen LogP contribution in [0.25, 0.3) is 0 Å². The molecule has 1 N–H and O–H groups in total. The molecule has 1 unspecified atom stereocenters. The van der Waals surface area contributed by atoms with Crippen LogP contribution < -0.4 is 4.74 Å². The summed E-state index contributed by atoms with van der Waals surface area (Å²) in [5.41, 5.74) is 4.80. The molecule has 0 aliphatic carbocycles. The van der Waals surface area contributed by atoms with Crippen LogP contribution in [-0.2, 0) is 20.1 Å². The fourth-order valence-electron chi connectivity index (χ4n) is 3.45. The van der Waals surface area contributed by atoms with Gasteiger partial charge in [0.25, 0.3) is 0 Å². The summed E-state index contributed by atoms with van der Waals surface area (Å²) < 4.78 is 7.24. The van der Waals surface area contributed by atoms with Crippen molar-refractivity contribution >= 4 is 0 Å². The monoisotopic (exact) mass is 323 g/mol. The lowest BCUT2D eigenvalue weighted by atomic mass is 9.90. The highest BCUT2D eigenvalue weighted by Crippen LogP contribution is 2.33. The molecular weight excluding hydrogens is 302 g/mol. The number of benzene rings is 1. The lowest BCUT2D eigenvalue weighted by Gasteiger charge is -2.32. The van der Waals surface area contributed by atoms with Crippen molar-refractivity contribution in [2.45, 2.75) is 19.0 Å². The topological polar surface area (TPSA) is 59.0 Å². The number of nitrogens with zero attached hydrogens (tertiary/aromatic N) is 4. The van der Waals surface area contributed by atoms with Gasteiger partial charge in [0.15, 0.2) is 0 Å². The van der Waals surface area contributed by atoms with Crippen molar-refractivity contribution in [1.82, 2.24) is 24.6 Å². The van der Waals surface area contributed by atoms with Gasteiger partial charge in [-0.05, 0) is 17.7 Å². The molecule has 4 rings (SSSR count). The highest BCUT2D eigenvalue weighted by atomic mass is 16.5. The molecule has 124 valence electrons. The maximum Gasteiger partial charge on any atom is 0.119 e. The summed E-state index contributed by atoms with van der Waals surface area (Å²) in [6.07, 6.45) is 5.80. The molecule has 24 heavy (non-hydrogen) atoms. The van der Waals surface area contributed by atoms with E-state index in [9.17, 15) is 0 Å². The van der Waals surface area contributed by atoms with Crippen molar-refractivity contribution in [3.63, 3.8) is 0 Å². The first-order valence-corrected chi connectivity index (χ1v) is 8.09. The molecule has 1 aliphatic rings. The summed E-state index contributed by atoms with van der Waals surface area (Å²) in [5, 5.41) is 4.27. The van der Waals surface area contributed by atoms with Crippen LogP contribution in [0, 0.1) is 0 Å². The zero-order valence-electron chi connectivity index (χ0n) is 13.9. The third kappa shape index (κ3) is 2.80. The Morgan fingerprint density at radius 1 is 1.38 bits per heavy atom. The number of methoxy groups -OCH3 is 1. The van der Waals surface area contributed by atoms with Crippen LogP contribution in [0.1, 0.15) is 28.4 Å². The third-order valence-corrected chi connectivity index (χ3v) is 4.56. The number of H-pyrrole nitrogens is 1. The van der Waals surface area contributed by atoms with Gasteiger partial charge in [0, 0.05) is 44.4 Å². The largest absolute Gasteiger partial charge is 0.497 e. The lowest BCUT2D eigenvalue weighted by Crippen LogP contribution is -2.33. The van der Waals surface area contributed by atoms with Crippen LogP contribution >= 0.6 is 0 Å².